The van der Waals surface area contributed by atoms with Crippen molar-refractivity contribution in [2.45, 2.75) is 26.7 Å². The third-order valence-corrected chi connectivity index (χ3v) is 2.36. The summed E-state index contributed by atoms with van der Waals surface area (Å²) >= 11 is 0. The molecule has 64 valence electrons. The van der Waals surface area contributed by atoms with Gasteiger partial charge in [-0.3, -0.25) is 4.18 Å². The van der Waals surface area contributed by atoms with Crippen molar-refractivity contribution in [3.63, 3.8) is 0 Å². The van der Waals surface area contributed by atoms with Crippen molar-refractivity contribution in [1.29, 1.82) is 0 Å². The standard InChI is InChI=1S/C6H14O3S.K.H/c1-3-5-9-10(7,8)6-4-2;;/h3-6H2,1-2H3;;. The number of hydrogen-bond donors (Lipinski definition) is 0. The first-order valence-electron chi connectivity index (χ1n) is 3.49. The summed E-state index contributed by atoms with van der Waals surface area (Å²) in [6, 6.07) is 0. The molecule has 0 atom stereocenters. The van der Waals surface area contributed by atoms with Gasteiger partial charge in [0.2, 0.25) is 0 Å². The minimum absolute atomic E-state index is 0. The van der Waals surface area contributed by atoms with E-state index in [1.54, 1.807) is 0 Å². The molecule has 0 aliphatic carbocycles. The molecule has 0 aliphatic heterocycles. The van der Waals surface area contributed by atoms with Gasteiger partial charge in [-0.1, -0.05) is 13.8 Å². The predicted octanol–water partition coefficient (Wildman–Crippen LogP) is 0.504. The van der Waals surface area contributed by atoms with Crippen LogP contribution in [0.4, 0.5) is 0 Å². The van der Waals surface area contributed by atoms with Crippen molar-refractivity contribution in [2.75, 3.05) is 12.4 Å². The summed E-state index contributed by atoms with van der Waals surface area (Å²) in [5.41, 5.74) is 0. The van der Waals surface area contributed by atoms with Gasteiger partial charge in [0.25, 0.3) is 10.1 Å². The molecular weight excluding hydrogens is 191 g/mol. The molecule has 0 heterocycles. The van der Waals surface area contributed by atoms with Crippen molar-refractivity contribution in [3.8, 4) is 0 Å². The van der Waals surface area contributed by atoms with Crippen molar-refractivity contribution in [3.05, 3.63) is 0 Å². The van der Waals surface area contributed by atoms with E-state index in [0.29, 0.717) is 13.0 Å². The Bertz CT molecular complexity index is 165. The van der Waals surface area contributed by atoms with E-state index in [1.807, 2.05) is 13.8 Å². The Morgan fingerprint density at radius 2 is 1.73 bits per heavy atom. The zero-order valence-corrected chi connectivity index (χ0v) is 7.28. The van der Waals surface area contributed by atoms with Crippen molar-refractivity contribution in [1.82, 2.24) is 0 Å². The average molecular weight is 206 g/mol. The third-order valence-electron chi connectivity index (χ3n) is 0.921. The van der Waals surface area contributed by atoms with Crippen LogP contribution in [0, 0.1) is 0 Å². The van der Waals surface area contributed by atoms with E-state index < -0.39 is 10.1 Å². The fraction of sp³-hybridized carbons (Fsp3) is 1.00. The molecule has 3 nitrogen and oxygen atoms in total. The molecular formula is C6H15KO3S. The molecule has 0 aliphatic rings. The zero-order chi connectivity index (χ0) is 8.04. The molecule has 0 unspecified atom stereocenters. The molecule has 0 saturated heterocycles. The molecule has 0 spiro atoms. The summed E-state index contributed by atoms with van der Waals surface area (Å²) in [4.78, 5) is 0. The van der Waals surface area contributed by atoms with Crippen LogP contribution in [0.25, 0.3) is 0 Å². The average Bonchev–Trinajstić information content (AvgIpc) is 1.84. The summed E-state index contributed by atoms with van der Waals surface area (Å²) in [5.74, 6) is 0.132. The van der Waals surface area contributed by atoms with Crippen LogP contribution in [0.1, 0.15) is 26.7 Å². The Morgan fingerprint density at radius 3 is 2.09 bits per heavy atom. The molecule has 0 saturated carbocycles. The zero-order valence-electron chi connectivity index (χ0n) is 6.46. The Labute approximate surface area is 111 Å². The second-order valence-electron chi connectivity index (χ2n) is 2.08. The Kier molecular flexibility index (Phi) is 11.2. The molecule has 0 aromatic carbocycles. The monoisotopic (exact) mass is 206 g/mol. The molecule has 0 bridgehead atoms. The summed E-state index contributed by atoms with van der Waals surface area (Å²) in [6.07, 6.45) is 1.36. The molecule has 0 fully saturated rings. The molecule has 0 aromatic heterocycles. The van der Waals surface area contributed by atoms with E-state index in [-0.39, 0.29) is 57.1 Å². The Morgan fingerprint density at radius 1 is 1.18 bits per heavy atom. The summed E-state index contributed by atoms with van der Waals surface area (Å²) in [7, 11) is -3.19. The first-order chi connectivity index (χ1) is 4.62. The van der Waals surface area contributed by atoms with E-state index in [9.17, 15) is 8.42 Å². The van der Waals surface area contributed by atoms with Gasteiger partial charge in [0.15, 0.2) is 0 Å². The topological polar surface area (TPSA) is 43.4 Å². The van der Waals surface area contributed by atoms with E-state index in [2.05, 4.69) is 4.18 Å². The molecule has 5 heteroatoms. The van der Waals surface area contributed by atoms with Gasteiger partial charge in [-0.25, -0.2) is 0 Å². The van der Waals surface area contributed by atoms with Crippen LogP contribution in [-0.2, 0) is 14.3 Å². The van der Waals surface area contributed by atoms with Gasteiger partial charge in [0.05, 0.1) is 12.4 Å². The fourth-order valence-electron chi connectivity index (χ4n) is 0.519. The van der Waals surface area contributed by atoms with E-state index in [0.717, 1.165) is 6.42 Å². The van der Waals surface area contributed by atoms with Crippen LogP contribution >= 0.6 is 0 Å². The van der Waals surface area contributed by atoms with Crippen LogP contribution in [0.5, 0.6) is 0 Å². The van der Waals surface area contributed by atoms with Gasteiger partial charge < -0.3 is 0 Å². The van der Waals surface area contributed by atoms with E-state index in [4.69, 9.17) is 0 Å². The number of rotatable bonds is 5. The minimum atomic E-state index is -3.19. The van der Waals surface area contributed by atoms with Crippen LogP contribution in [0.15, 0.2) is 0 Å². The van der Waals surface area contributed by atoms with Crippen LogP contribution in [0.3, 0.4) is 0 Å². The second kappa shape index (κ2) is 8.16. The van der Waals surface area contributed by atoms with E-state index in [1.165, 1.54) is 0 Å². The Balaban J connectivity index is 0. The summed E-state index contributed by atoms with van der Waals surface area (Å²) in [6.45, 7) is 4.00. The van der Waals surface area contributed by atoms with Gasteiger partial charge in [-0.15, -0.1) is 0 Å². The van der Waals surface area contributed by atoms with Gasteiger partial charge >= 0.3 is 51.4 Å². The van der Waals surface area contributed by atoms with Crippen molar-refractivity contribution in [2.24, 2.45) is 0 Å². The fourth-order valence-corrected chi connectivity index (χ4v) is 1.56. The normalized spacial score (nSPS) is 10.7. The number of hydrogen-bond acceptors (Lipinski definition) is 3. The second-order valence-corrected chi connectivity index (χ2v) is 3.84. The molecule has 0 N–H and O–H groups in total. The summed E-state index contributed by atoms with van der Waals surface area (Å²) < 4.78 is 26.1. The van der Waals surface area contributed by atoms with E-state index >= 15 is 0 Å². The molecule has 0 aromatic rings. The van der Waals surface area contributed by atoms with Gasteiger partial charge in [0, 0.05) is 0 Å². The van der Waals surface area contributed by atoms with Crippen LogP contribution < -0.4 is 0 Å². The quantitative estimate of drug-likeness (QED) is 0.486. The third kappa shape index (κ3) is 9.46. The van der Waals surface area contributed by atoms with Crippen LogP contribution in [-0.4, -0.2) is 72.2 Å². The van der Waals surface area contributed by atoms with Crippen LogP contribution in [0.2, 0.25) is 0 Å². The summed E-state index contributed by atoms with van der Waals surface area (Å²) in [5, 5.41) is 0. The van der Waals surface area contributed by atoms with Crippen molar-refractivity contribution >= 4 is 61.5 Å². The molecule has 0 amide bonds. The first kappa shape index (κ1) is 15.0. The SMILES string of the molecule is CCCOS(=O)(=O)CCC.[KH]. The Hall–Kier alpha value is 1.55. The van der Waals surface area contributed by atoms with Gasteiger partial charge in [-0.2, -0.15) is 8.42 Å². The molecule has 11 heavy (non-hydrogen) atoms. The van der Waals surface area contributed by atoms with Gasteiger partial charge in [0.1, 0.15) is 0 Å². The maximum absolute atomic E-state index is 10.8. The maximum atomic E-state index is 10.8. The van der Waals surface area contributed by atoms with Crippen molar-refractivity contribution < 1.29 is 12.6 Å². The molecule has 0 radical (unpaired) electrons. The molecule has 0 rings (SSSR count). The van der Waals surface area contributed by atoms with Gasteiger partial charge in [-0.05, 0) is 12.8 Å². The first-order valence-corrected chi connectivity index (χ1v) is 5.07. The predicted molar refractivity (Wildman–Crippen MR) is 47.5 cm³/mol.